The maximum Gasteiger partial charge on any atom is 0.147 e. The Morgan fingerprint density at radius 3 is 2.46 bits per heavy atom. The van der Waals surface area contributed by atoms with Crippen LogP contribution in [-0.4, -0.2) is 70.0 Å². The predicted octanol–water partition coefficient (Wildman–Crippen LogP) is 2.53. The molecule has 2 saturated heterocycles. The SMILES string of the molecule is COC1CC2CCN(C)C3C(CC4CCC5OCOC5C43)C2CC1OC. The minimum absolute atomic E-state index is 0.256. The van der Waals surface area contributed by atoms with Crippen molar-refractivity contribution in [3.63, 3.8) is 0 Å². The minimum atomic E-state index is 0.256. The van der Waals surface area contributed by atoms with E-state index in [2.05, 4.69) is 11.9 Å². The van der Waals surface area contributed by atoms with Gasteiger partial charge in [0.25, 0.3) is 0 Å². The van der Waals surface area contributed by atoms with Gasteiger partial charge in [0, 0.05) is 26.2 Å². The summed E-state index contributed by atoms with van der Waals surface area (Å²) in [4.78, 5) is 2.68. The third-order valence-electron chi connectivity index (χ3n) is 8.64. The fraction of sp³-hybridized carbons (Fsp3) is 1.00. The quantitative estimate of drug-likeness (QED) is 0.752. The third-order valence-corrected chi connectivity index (χ3v) is 8.64. The topological polar surface area (TPSA) is 40.2 Å². The molecule has 3 aliphatic carbocycles. The molecule has 0 aromatic heterocycles. The van der Waals surface area contributed by atoms with Crippen molar-refractivity contribution in [1.82, 2.24) is 4.90 Å². The van der Waals surface area contributed by atoms with E-state index in [0.29, 0.717) is 31.0 Å². The summed E-state index contributed by atoms with van der Waals surface area (Å²) < 4.78 is 23.7. The van der Waals surface area contributed by atoms with E-state index in [-0.39, 0.29) is 12.2 Å². The Morgan fingerprint density at radius 1 is 0.846 bits per heavy atom. The molecular weight excluding hydrogens is 330 g/mol. The van der Waals surface area contributed by atoms with Gasteiger partial charge in [0.05, 0.1) is 24.4 Å². The molecule has 0 N–H and O–H groups in total. The highest BCUT2D eigenvalue weighted by Crippen LogP contribution is 2.56. The zero-order valence-electron chi connectivity index (χ0n) is 16.5. The van der Waals surface area contributed by atoms with Crippen LogP contribution < -0.4 is 0 Å². The Hall–Kier alpha value is -0.200. The fourth-order valence-electron chi connectivity index (χ4n) is 7.53. The van der Waals surface area contributed by atoms with Crippen LogP contribution in [0.15, 0.2) is 0 Å². The van der Waals surface area contributed by atoms with Crippen LogP contribution in [0.4, 0.5) is 0 Å². The molecule has 148 valence electrons. The Kier molecular flexibility index (Phi) is 4.81. The molecule has 0 amide bonds. The summed E-state index contributed by atoms with van der Waals surface area (Å²) in [5.41, 5.74) is 0. The van der Waals surface area contributed by atoms with Crippen molar-refractivity contribution in [1.29, 1.82) is 0 Å². The molecule has 10 unspecified atom stereocenters. The van der Waals surface area contributed by atoms with Gasteiger partial charge in [-0.1, -0.05) is 0 Å². The summed E-state index contributed by atoms with van der Waals surface area (Å²) in [6.07, 6.45) is 8.72. The Bertz CT molecular complexity index is 516. The molecule has 5 fully saturated rings. The minimum Gasteiger partial charge on any atom is -0.379 e. The van der Waals surface area contributed by atoms with Gasteiger partial charge in [-0.3, -0.25) is 0 Å². The molecule has 5 heteroatoms. The normalized spacial score (nSPS) is 54.1. The molecule has 0 bridgehead atoms. The first-order valence-electron chi connectivity index (χ1n) is 10.7. The average molecular weight is 366 g/mol. The number of rotatable bonds is 2. The van der Waals surface area contributed by atoms with E-state index in [4.69, 9.17) is 18.9 Å². The number of fused-ring (bicyclic) bond motifs is 7. The van der Waals surface area contributed by atoms with Gasteiger partial charge in [-0.15, -0.1) is 0 Å². The number of nitrogens with zero attached hydrogens (tertiary/aromatic N) is 1. The highest BCUT2D eigenvalue weighted by molar-refractivity contribution is 5.09. The summed E-state index contributed by atoms with van der Waals surface area (Å²) in [5.74, 6) is 3.80. The fourth-order valence-corrected chi connectivity index (χ4v) is 7.53. The number of methoxy groups -OCH3 is 2. The molecule has 0 radical (unpaired) electrons. The average Bonchev–Trinajstić information content (AvgIpc) is 3.26. The zero-order valence-corrected chi connectivity index (χ0v) is 16.5. The molecule has 10 atom stereocenters. The monoisotopic (exact) mass is 365 g/mol. The first kappa shape index (κ1) is 17.9. The van der Waals surface area contributed by atoms with Crippen LogP contribution in [0.5, 0.6) is 0 Å². The van der Waals surface area contributed by atoms with Gasteiger partial charge in [0.1, 0.15) is 6.79 Å². The molecule has 0 aromatic rings. The lowest BCUT2D eigenvalue weighted by molar-refractivity contribution is -0.0961. The molecule has 26 heavy (non-hydrogen) atoms. The van der Waals surface area contributed by atoms with E-state index in [1.807, 2.05) is 14.2 Å². The van der Waals surface area contributed by atoms with Crippen LogP contribution >= 0.6 is 0 Å². The highest BCUT2D eigenvalue weighted by atomic mass is 16.7. The molecule has 0 spiro atoms. The molecule has 3 saturated carbocycles. The largest absolute Gasteiger partial charge is 0.379 e. The molecule has 5 nitrogen and oxygen atoms in total. The highest BCUT2D eigenvalue weighted by Gasteiger charge is 2.58. The van der Waals surface area contributed by atoms with Crippen molar-refractivity contribution in [2.24, 2.45) is 29.6 Å². The van der Waals surface area contributed by atoms with Crippen molar-refractivity contribution in [3.05, 3.63) is 0 Å². The summed E-state index contributed by atoms with van der Waals surface area (Å²) in [7, 11) is 6.07. The Morgan fingerprint density at radius 2 is 1.65 bits per heavy atom. The Labute approximate surface area is 157 Å². The zero-order chi connectivity index (χ0) is 17.8. The van der Waals surface area contributed by atoms with Gasteiger partial charge in [0.2, 0.25) is 0 Å². The van der Waals surface area contributed by atoms with Crippen LogP contribution in [0, 0.1) is 29.6 Å². The van der Waals surface area contributed by atoms with Crippen molar-refractivity contribution < 1.29 is 18.9 Å². The van der Waals surface area contributed by atoms with Crippen LogP contribution in [0.3, 0.4) is 0 Å². The van der Waals surface area contributed by atoms with E-state index < -0.39 is 0 Å². The van der Waals surface area contributed by atoms with Crippen molar-refractivity contribution in [2.45, 2.75) is 69.0 Å². The maximum atomic E-state index is 6.13. The lowest BCUT2D eigenvalue weighted by atomic mass is 9.68. The van der Waals surface area contributed by atoms with Crippen LogP contribution in [-0.2, 0) is 18.9 Å². The second-order valence-electron chi connectivity index (χ2n) is 9.47. The lowest BCUT2D eigenvalue weighted by Crippen LogP contribution is -2.50. The van der Waals surface area contributed by atoms with Gasteiger partial charge in [0.15, 0.2) is 0 Å². The van der Waals surface area contributed by atoms with Crippen molar-refractivity contribution >= 4 is 0 Å². The van der Waals surface area contributed by atoms with Crippen LogP contribution in [0.25, 0.3) is 0 Å². The number of likely N-dealkylation sites (tertiary alicyclic amines) is 1. The van der Waals surface area contributed by atoms with Crippen molar-refractivity contribution in [2.75, 3.05) is 34.6 Å². The van der Waals surface area contributed by atoms with Gasteiger partial charge in [-0.2, -0.15) is 0 Å². The summed E-state index contributed by atoms with van der Waals surface area (Å²) in [6.45, 7) is 1.71. The van der Waals surface area contributed by atoms with E-state index in [0.717, 1.165) is 30.1 Å². The summed E-state index contributed by atoms with van der Waals surface area (Å²) in [6, 6.07) is 0.654. The number of ether oxygens (including phenoxy) is 4. The molecule has 2 aliphatic heterocycles. The molecule has 5 rings (SSSR count). The summed E-state index contributed by atoms with van der Waals surface area (Å²) in [5, 5.41) is 0. The predicted molar refractivity (Wildman–Crippen MR) is 97.8 cm³/mol. The van der Waals surface area contributed by atoms with Gasteiger partial charge < -0.3 is 23.8 Å². The number of hydrogen-bond donors (Lipinski definition) is 0. The van der Waals surface area contributed by atoms with Gasteiger partial charge in [-0.05, 0) is 75.8 Å². The van der Waals surface area contributed by atoms with E-state index in [1.54, 1.807) is 0 Å². The smallest absolute Gasteiger partial charge is 0.147 e. The molecule has 5 aliphatic rings. The van der Waals surface area contributed by atoms with E-state index >= 15 is 0 Å². The standard InChI is InChI=1S/C21H35NO4/c1-22-7-6-12-9-17(23-2)18(24-3)10-14(12)15-8-13-4-5-16-21(26-11-25-16)19(13)20(15)22/h12-21H,4-11H2,1-3H3. The van der Waals surface area contributed by atoms with Gasteiger partial charge >= 0.3 is 0 Å². The van der Waals surface area contributed by atoms with Crippen LogP contribution in [0.1, 0.15) is 38.5 Å². The molecular formula is C21H35NO4. The van der Waals surface area contributed by atoms with E-state index in [1.165, 1.54) is 38.6 Å². The molecule has 0 aromatic carbocycles. The second kappa shape index (κ2) is 7.00. The lowest BCUT2D eigenvalue weighted by Gasteiger charge is -2.43. The van der Waals surface area contributed by atoms with Crippen molar-refractivity contribution in [3.8, 4) is 0 Å². The number of hydrogen-bond acceptors (Lipinski definition) is 5. The molecule has 2 heterocycles. The maximum absolute atomic E-state index is 6.13. The second-order valence-corrected chi connectivity index (χ2v) is 9.47. The summed E-state index contributed by atoms with van der Waals surface area (Å²) >= 11 is 0. The van der Waals surface area contributed by atoms with Gasteiger partial charge in [-0.25, -0.2) is 0 Å². The first-order valence-corrected chi connectivity index (χ1v) is 10.7. The Balaban J connectivity index is 1.44. The third kappa shape index (κ3) is 2.69. The van der Waals surface area contributed by atoms with Crippen LogP contribution in [0.2, 0.25) is 0 Å². The van der Waals surface area contributed by atoms with E-state index in [9.17, 15) is 0 Å². The first-order chi connectivity index (χ1) is 12.7.